The Morgan fingerprint density at radius 2 is 2.17 bits per heavy atom. The van der Waals surface area contributed by atoms with E-state index in [4.69, 9.17) is 4.52 Å². The van der Waals surface area contributed by atoms with Crippen LogP contribution in [0, 0.1) is 17.0 Å². The normalized spacial score (nSPS) is 16.1. The highest BCUT2D eigenvalue weighted by atomic mass is 16.6. The zero-order valence-electron chi connectivity index (χ0n) is 16.6. The molecular weight excluding hydrogens is 378 g/mol. The third-order valence-corrected chi connectivity index (χ3v) is 5.01. The number of hydrogen-bond donors (Lipinski definition) is 0. The van der Waals surface area contributed by atoms with Gasteiger partial charge in [-0.1, -0.05) is 12.1 Å². The zero-order valence-corrected chi connectivity index (χ0v) is 16.6. The molecule has 154 valence electrons. The third kappa shape index (κ3) is 4.25. The predicted octanol–water partition coefficient (Wildman–Crippen LogP) is 2.11. The Hall–Kier alpha value is -3.30. The second-order valence-corrected chi connectivity index (χ2v) is 7.07. The average molecular weight is 401 g/mol. The van der Waals surface area contributed by atoms with Crippen molar-refractivity contribution in [1.82, 2.24) is 19.9 Å². The van der Waals surface area contributed by atoms with Crippen LogP contribution in [0.5, 0.6) is 0 Å². The van der Waals surface area contributed by atoms with E-state index in [0.717, 1.165) is 0 Å². The van der Waals surface area contributed by atoms with Crippen LogP contribution >= 0.6 is 0 Å². The molecule has 0 aliphatic carbocycles. The van der Waals surface area contributed by atoms with Crippen LogP contribution in [-0.2, 0) is 17.8 Å². The molecule has 1 aromatic carbocycles. The number of hydrogen-bond acceptors (Lipinski definition) is 7. The second-order valence-electron chi connectivity index (χ2n) is 7.07. The van der Waals surface area contributed by atoms with Gasteiger partial charge in [-0.3, -0.25) is 19.7 Å². The van der Waals surface area contributed by atoms with Gasteiger partial charge in [0.1, 0.15) is 6.04 Å². The molecule has 3 rings (SSSR count). The number of carbonyl (C=O) groups is 2. The smallest absolute Gasteiger partial charge is 0.272 e. The van der Waals surface area contributed by atoms with Gasteiger partial charge in [-0.15, -0.1) is 0 Å². The quantitative estimate of drug-likeness (QED) is 0.536. The van der Waals surface area contributed by atoms with Gasteiger partial charge in [0.25, 0.3) is 11.6 Å². The maximum Gasteiger partial charge on any atom is 0.272 e. The molecule has 0 spiro atoms. The molecule has 1 saturated heterocycles. The minimum atomic E-state index is -0.587. The highest BCUT2D eigenvalue weighted by Gasteiger charge is 2.36. The first kappa shape index (κ1) is 20.4. The highest BCUT2D eigenvalue weighted by molar-refractivity contribution is 5.98. The fourth-order valence-corrected chi connectivity index (χ4v) is 3.46. The predicted molar refractivity (Wildman–Crippen MR) is 102 cm³/mol. The minimum Gasteiger partial charge on any atom is -0.337 e. The topological polar surface area (TPSA) is 123 Å². The Kier molecular flexibility index (Phi) is 5.90. The van der Waals surface area contributed by atoms with E-state index < -0.39 is 11.0 Å². The Balaban J connectivity index is 1.72. The Bertz CT molecular complexity index is 941. The maximum atomic E-state index is 13.0. The van der Waals surface area contributed by atoms with Gasteiger partial charge in [0.2, 0.25) is 11.8 Å². The summed E-state index contributed by atoms with van der Waals surface area (Å²) in [6.07, 6.45) is 1.91. The summed E-state index contributed by atoms with van der Waals surface area (Å²) in [6.45, 7) is 4.12. The molecule has 2 aromatic rings. The monoisotopic (exact) mass is 401 g/mol. The first-order valence-electron chi connectivity index (χ1n) is 9.44. The van der Waals surface area contributed by atoms with Crippen molar-refractivity contribution in [3.8, 4) is 0 Å². The van der Waals surface area contributed by atoms with E-state index in [2.05, 4.69) is 10.1 Å². The fourth-order valence-electron chi connectivity index (χ4n) is 3.46. The molecule has 1 fully saturated rings. The van der Waals surface area contributed by atoms with Crippen LogP contribution in [0.1, 0.15) is 47.4 Å². The molecule has 10 heteroatoms. The molecule has 0 radical (unpaired) electrons. The molecule has 2 amide bonds. The van der Waals surface area contributed by atoms with Gasteiger partial charge >= 0.3 is 0 Å². The third-order valence-electron chi connectivity index (χ3n) is 5.01. The summed E-state index contributed by atoms with van der Waals surface area (Å²) >= 11 is 0. The number of benzene rings is 1. The summed E-state index contributed by atoms with van der Waals surface area (Å²) in [4.78, 5) is 43.6. The van der Waals surface area contributed by atoms with Crippen molar-refractivity contribution in [3.05, 3.63) is 51.2 Å². The summed E-state index contributed by atoms with van der Waals surface area (Å²) in [6, 6.07) is 3.66. The van der Waals surface area contributed by atoms with Crippen LogP contribution in [0.3, 0.4) is 0 Å². The number of aryl methyl sites for hydroxylation is 2. The van der Waals surface area contributed by atoms with E-state index in [0.29, 0.717) is 48.6 Å². The van der Waals surface area contributed by atoms with E-state index >= 15 is 0 Å². The number of rotatable bonds is 6. The lowest BCUT2D eigenvalue weighted by molar-refractivity contribution is -0.385. The van der Waals surface area contributed by atoms with Gasteiger partial charge in [-0.05, 0) is 31.9 Å². The van der Waals surface area contributed by atoms with E-state index in [1.807, 2.05) is 6.92 Å². The lowest BCUT2D eigenvalue weighted by Crippen LogP contribution is -2.46. The number of nitro groups is 1. The molecule has 1 aliphatic rings. The lowest BCUT2D eigenvalue weighted by Gasteiger charge is -2.27. The zero-order chi connectivity index (χ0) is 21.1. The lowest BCUT2D eigenvalue weighted by atomic mass is 10.1. The van der Waals surface area contributed by atoms with Crippen LogP contribution in [0.4, 0.5) is 5.69 Å². The van der Waals surface area contributed by atoms with Gasteiger partial charge in [0.05, 0.1) is 11.5 Å². The van der Waals surface area contributed by atoms with Crippen molar-refractivity contribution in [2.75, 3.05) is 13.6 Å². The molecular formula is C19H23N5O5. The molecule has 2 heterocycles. The van der Waals surface area contributed by atoms with Crippen molar-refractivity contribution in [3.63, 3.8) is 0 Å². The Morgan fingerprint density at radius 3 is 2.79 bits per heavy atom. The van der Waals surface area contributed by atoms with Crippen molar-refractivity contribution in [1.29, 1.82) is 0 Å². The van der Waals surface area contributed by atoms with Gasteiger partial charge in [0.15, 0.2) is 5.82 Å². The van der Waals surface area contributed by atoms with Crippen LogP contribution < -0.4 is 0 Å². The molecule has 1 unspecified atom stereocenters. The molecule has 10 nitrogen and oxygen atoms in total. The van der Waals surface area contributed by atoms with Crippen LogP contribution in [0.2, 0.25) is 0 Å². The first-order valence-corrected chi connectivity index (χ1v) is 9.44. The summed E-state index contributed by atoms with van der Waals surface area (Å²) in [5.41, 5.74) is 0.699. The number of amides is 2. The van der Waals surface area contributed by atoms with Crippen molar-refractivity contribution >= 4 is 17.5 Å². The number of nitro benzene ring substituents is 1. The van der Waals surface area contributed by atoms with E-state index in [9.17, 15) is 19.7 Å². The van der Waals surface area contributed by atoms with Gasteiger partial charge in [0, 0.05) is 37.2 Å². The summed E-state index contributed by atoms with van der Waals surface area (Å²) in [5, 5.41) is 14.8. The summed E-state index contributed by atoms with van der Waals surface area (Å²) in [7, 11) is 1.63. The number of carbonyl (C=O) groups excluding carboxylic acids is 2. The van der Waals surface area contributed by atoms with Gasteiger partial charge in [-0.25, -0.2) is 0 Å². The maximum absolute atomic E-state index is 13.0. The summed E-state index contributed by atoms with van der Waals surface area (Å²) < 4.78 is 5.14. The van der Waals surface area contributed by atoms with Gasteiger partial charge in [-0.2, -0.15) is 4.98 Å². The van der Waals surface area contributed by atoms with E-state index in [-0.39, 0.29) is 24.0 Å². The molecule has 1 aromatic heterocycles. The minimum absolute atomic E-state index is 0.0404. The number of aromatic nitrogens is 2. The molecule has 0 saturated carbocycles. The molecule has 1 aliphatic heterocycles. The molecule has 0 bridgehead atoms. The van der Waals surface area contributed by atoms with Crippen LogP contribution in [0.15, 0.2) is 22.7 Å². The number of likely N-dealkylation sites (tertiary alicyclic amines) is 1. The standard InChI is InChI=1S/C19H23N5O5/c1-4-16-20-17(29-21-16)11-22(3)19(26)15-6-5-9-23(15)18(25)13-7-8-14(24(27)28)12(2)10-13/h7-8,10,15H,4-6,9,11H2,1-3H3. The largest absolute Gasteiger partial charge is 0.337 e. The SMILES string of the molecule is CCc1noc(CN(C)C(=O)C2CCCN2C(=O)c2ccc([N+](=O)[O-])c(C)c2)n1. The molecule has 29 heavy (non-hydrogen) atoms. The molecule has 1 atom stereocenters. The summed E-state index contributed by atoms with van der Waals surface area (Å²) in [5.74, 6) is 0.413. The van der Waals surface area contributed by atoms with Gasteiger partial charge < -0.3 is 14.3 Å². The second kappa shape index (κ2) is 8.38. The highest BCUT2D eigenvalue weighted by Crippen LogP contribution is 2.25. The first-order chi connectivity index (χ1) is 13.8. The van der Waals surface area contributed by atoms with E-state index in [1.165, 1.54) is 28.0 Å². The average Bonchev–Trinajstić information content (AvgIpc) is 3.35. The Labute approximate surface area is 167 Å². The van der Waals surface area contributed by atoms with E-state index in [1.54, 1.807) is 14.0 Å². The van der Waals surface area contributed by atoms with Crippen LogP contribution in [-0.4, -0.2) is 56.3 Å². The number of likely N-dealkylation sites (N-methyl/N-ethyl adjacent to an activating group) is 1. The number of nitrogens with zero attached hydrogens (tertiary/aromatic N) is 5. The Morgan fingerprint density at radius 1 is 1.41 bits per heavy atom. The van der Waals surface area contributed by atoms with Crippen molar-refractivity contribution < 1.29 is 19.0 Å². The van der Waals surface area contributed by atoms with Crippen molar-refractivity contribution in [2.24, 2.45) is 0 Å². The fraction of sp³-hybridized carbons (Fsp3) is 0.474. The van der Waals surface area contributed by atoms with Crippen molar-refractivity contribution in [2.45, 2.75) is 45.7 Å². The van der Waals surface area contributed by atoms with Crippen LogP contribution in [0.25, 0.3) is 0 Å². The molecule has 0 N–H and O–H groups in total.